The van der Waals surface area contributed by atoms with E-state index in [4.69, 9.17) is 5.73 Å². The van der Waals surface area contributed by atoms with Gasteiger partial charge in [-0.3, -0.25) is 4.79 Å². The molecule has 2 unspecified atom stereocenters. The number of hydrogen-bond acceptors (Lipinski definition) is 4. The minimum atomic E-state index is -0.397. The third kappa shape index (κ3) is 2.56. The molecule has 5 nitrogen and oxygen atoms in total. The average molecular weight is 250 g/mol. The minimum absolute atomic E-state index is 0.0397. The van der Waals surface area contributed by atoms with Crippen LogP contribution in [0.15, 0.2) is 18.2 Å². The van der Waals surface area contributed by atoms with Gasteiger partial charge in [-0.1, -0.05) is 18.9 Å². The largest absolute Gasteiger partial charge is 0.504 e. The second-order valence-electron chi connectivity index (χ2n) is 4.70. The van der Waals surface area contributed by atoms with Crippen LogP contribution in [0.2, 0.25) is 0 Å². The topological polar surface area (TPSA) is 95.6 Å². The molecule has 1 saturated carbocycles. The van der Waals surface area contributed by atoms with E-state index < -0.39 is 5.91 Å². The maximum atomic E-state index is 12.0. The maximum Gasteiger partial charge on any atom is 0.255 e. The second-order valence-corrected chi connectivity index (χ2v) is 4.70. The molecule has 0 aliphatic heterocycles. The van der Waals surface area contributed by atoms with Gasteiger partial charge in [0.15, 0.2) is 11.5 Å². The maximum absolute atomic E-state index is 12.0. The van der Waals surface area contributed by atoms with E-state index in [1.807, 2.05) is 0 Å². The number of rotatable bonds is 2. The highest BCUT2D eigenvalue weighted by atomic mass is 16.3. The van der Waals surface area contributed by atoms with Crippen LogP contribution >= 0.6 is 0 Å². The number of nitrogens with two attached hydrogens (primary N) is 1. The molecule has 0 aromatic heterocycles. The molecule has 0 radical (unpaired) electrons. The summed E-state index contributed by atoms with van der Waals surface area (Å²) in [5.74, 6) is -1.08. The molecule has 5 N–H and O–H groups in total. The lowest BCUT2D eigenvalue weighted by molar-refractivity contribution is 0.0918. The van der Waals surface area contributed by atoms with Crippen molar-refractivity contribution in [3.8, 4) is 11.5 Å². The normalized spacial score (nSPS) is 23.6. The third-order valence-corrected chi connectivity index (χ3v) is 3.40. The predicted molar refractivity (Wildman–Crippen MR) is 67.5 cm³/mol. The van der Waals surface area contributed by atoms with Crippen LogP contribution in [0.1, 0.15) is 36.0 Å². The summed E-state index contributed by atoms with van der Waals surface area (Å²) in [6.45, 7) is 0. The van der Waals surface area contributed by atoms with E-state index in [0.717, 1.165) is 25.7 Å². The van der Waals surface area contributed by atoms with Crippen LogP contribution in [0.25, 0.3) is 0 Å². The molecule has 5 heteroatoms. The Morgan fingerprint density at radius 1 is 1.28 bits per heavy atom. The molecule has 1 aromatic rings. The van der Waals surface area contributed by atoms with Gasteiger partial charge in [-0.15, -0.1) is 0 Å². The Morgan fingerprint density at radius 3 is 2.72 bits per heavy atom. The Bertz CT molecular complexity index is 448. The van der Waals surface area contributed by atoms with Crippen molar-refractivity contribution in [1.82, 2.24) is 5.32 Å². The Hall–Kier alpha value is -1.75. The fourth-order valence-electron chi connectivity index (χ4n) is 2.30. The van der Waals surface area contributed by atoms with Crippen molar-refractivity contribution in [2.24, 2.45) is 5.73 Å². The lowest BCUT2D eigenvalue weighted by Crippen LogP contribution is -2.49. The zero-order chi connectivity index (χ0) is 13.1. The van der Waals surface area contributed by atoms with Gasteiger partial charge < -0.3 is 21.3 Å². The standard InChI is InChI=1S/C13H18N2O3/c14-9-5-1-2-6-10(9)15-13(18)8-4-3-7-11(16)12(8)17/h3-4,7,9-10,16-17H,1-2,5-6,14H2,(H,15,18). The SMILES string of the molecule is NC1CCCCC1NC(=O)c1cccc(O)c1O. The van der Waals surface area contributed by atoms with Crippen LogP contribution in [-0.2, 0) is 0 Å². The van der Waals surface area contributed by atoms with E-state index >= 15 is 0 Å². The Kier molecular flexibility index (Phi) is 3.72. The van der Waals surface area contributed by atoms with Gasteiger partial charge >= 0.3 is 0 Å². The number of nitrogens with one attached hydrogen (secondary N) is 1. The fraction of sp³-hybridized carbons (Fsp3) is 0.462. The van der Waals surface area contributed by atoms with E-state index in [1.165, 1.54) is 18.2 Å². The van der Waals surface area contributed by atoms with Crippen LogP contribution in [0, 0.1) is 0 Å². The fourth-order valence-corrected chi connectivity index (χ4v) is 2.30. The van der Waals surface area contributed by atoms with Crippen LogP contribution in [0.4, 0.5) is 0 Å². The van der Waals surface area contributed by atoms with Crippen molar-refractivity contribution in [2.75, 3.05) is 0 Å². The number of hydrogen-bond donors (Lipinski definition) is 4. The monoisotopic (exact) mass is 250 g/mol. The summed E-state index contributed by atoms with van der Waals surface area (Å²) in [6, 6.07) is 4.22. The Balaban J connectivity index is 2.09. The van der Waals surface area contributed by atoms with E-state index in [0.29, 0.717) is 0 Å². The van der Waals surface area contributed by atoms with Gasteiger partial charge in [-0.2, -0.15) is 0 Å². The van der Waals surface area contributed by atoms with Crippen molar-refractivity contribution in [3.63, 3.8) is 0 Å². The van der Waals surface area contributed by atoms with Gasteiger partial charge in [0.2, 0.25) is 0 Å². The number of amides is 1. The molecule has 1 amide bonds. The molecule has 1 aliphatic carbocycles. The number of para-hydroxylation sites is 1. The van der Waals surface area contributed by atoms with E-state index in [1.54, 1.807) is 0 Å². The van der Waals surface area contributed by atoms with Crippen LogP contribution in [0.5, 0.6) is 11.5 Å². The molecule has 18 heavy (non-hydrogen) atoms. The Labute approximate surface area is 106 Å². The van der Waals surface area contributed by atoms with Gasteiger partial charge in [-0.05, 0) is 25.0 Å². The number of carbonyl (C=O) groups is 1. The van der Waals surface area contributed by atoms with Crippen molar-refractivity contribution in [3.05, 3.63) is 23.8 Å². The zero-order valence-corrected chi connectivity index (χ0v) is 10.1. The van der Waals surface area contributed by atoms with Crippen molar-refractivity contribution in [1.29, 1.82) is 0 Å². The summed E-state index contributed by atoms with van der Waals surface area (Å²) in [5, 5.41) is 21.8. The molecule has 1 aromatic carbocycles. The summed E-state index contributed by atoms with van der Waals surface area (Å²) in [7, 11) is 0. The van der Waals surface area contributed by atoms with Gasteiger partial charge in [-0.25, -0.2) is 0 Å². The lowest BCUT2D eigenvalue weighted by atomic mass is 9.91. The highest BCUT2D eigenvalue weighted by Crippen LogP contribution is 2.28. The highest BCUT2D eigenvalue weighted by Gasteiger charge is 2.25. The average Bonchev–Trinajstić information content (AvgIpc) is 2.35. The van der Waals surface area contributed by atoms with Gasteiger partial charge in [0.1, 0.15) is 0 Å². The van der Waals surface area contributed by atoms with Crippen molar-refractivity contribution in [2.45, 2.75) is 37.8 Å². The molecule has 98 valence electrons. The molecule has 2 rings (SSSR count). The number of phenolic OH excluding ortho intramolecular Hbond substituents is 2. The first kappa shape index (κ1) is 12.7. The lowest BCUT2D eigenvalue weighted by Gasteiger charge is -2.29. The Morgan fingerprint density at radius 2 is 2.00 bits per heavy atom. The van der Waals surface area contributed by atoms with Crippen LogP contribution in [0.3, 0.4) is 0 Å². The summed E-state index contributed by atoms with van der Waals surface area (Å²) in [5.41, 5.74) is 6.02. The first-order valence-corrected chi connectivity index (χ1v) is 6.17. The second kappa shape index (κ2) is 5.27. The van der Waals surface area contributed by atoms with Gasteiger partial charge in [0, 0.05) is 12.1 Å². The zero-order valence-electron chi connectivity index (χ0n) is 10.1. The highest BCUT2D eigenvalue weighted by molar-refractivity contribution is 5.97. The minimum Gasteiger partial charge on any atom is -0.504 e. The van der Waals surface area contributed by atoms with E-state index in [2.05, 4.69) is 5.32 Å². The summed E-state index contributed by atoms with van der Waals surface area (Å²) in [6.07, 6.45) is 3.89. The molecule has 0 bridgehead atoms. The van der Waals surface area contributed by atoms with E-state index in [-0.39, 0.29) is 29.1 Å². The molecule has 0 spiro atoms. The van der Waals surface area contributed by atoms with Gasteiger partial charge in [0.05, 0.1) is 5.56 Å². The molecular weight excluding hydrogens is 232 g/mol. The number of benzene rings is 1. The molecule has 0 heterocycles. The first-order valence-electron chi connectivity index (χ1n) is 6.17. The molecule has 1 fully saturated rings. The van der Waals surface area contributed by atoms with Gasteiger partial charge in [0.25, 0.3) is 5.91 Å². The van der Waals surface area contributed by atoms with Crippen molar-refractivity contribution < 1.29 is 15.0 Å². The van der Waals surface area contributed by atoms with Crippen LogP contribution < -0.4 is 11.1 Å². The quantitative estimate of drug-likeness (QED) is 0.591. The molecule has 1 aliphatic rings. The molecular formula is C13H18N2O3. The summed E-state index contributed by atoms with van der Waals surface area (Å²) in [4.78, 5) is 12.0. The number of aromatic hydroxyl groups is 2. The molecule has 0 saturated heterocycles. The third-order valence-electron chi connectivity index (χ3n) is 3.40. The predicted octanol–water partition coefficient (Wildman–Crippen LogP) is 1.10. The van der Waals surface area contributed by atoms with E-state index in [9.17, 15) is 15.0 Å². The first-order chi connectivity index (χ1) is 8.59. The van der Waals surface area contributed by atoms with Crippen LogP contribution in [-0.4, -0.2) is 28.2 Å². The summed E-state index contributed by atoms with van der Waals surface area (Å²) >= 11 is 0. The van der Waals surface area contributed by atoms with Crippen molar-refractivity contribution >= 4 is 5.91 Å². The smallest absolute Gasteiger partial charge is 0.255 e. The summed E-state index contributed by atoms with van der Waals surface area (Å²) < 4.78 is 0. The molecule has 2 atom stereocenters. The number of phenols is 2. The number of carbonyl (C=O) groups excluding carboxylic acids is 1.